The highest BCUT2D eigenvalue weighted by atomic mass is 35.5. The predicted octanol–water partition coefficient (Wildman–Crippen LogP) is 4.76. The van der Waals surface area contributed by atoms with Gasteiger partial charge in [0.05, 0.1) is 16.8 Å². The molecule has 0 saturated carbocycles. The van der Waals surface area contributed by atoms with E-state index in [9.17, 15) is 9.18 Å². The molecule has 5 rings (SSSR count). The number of para-hydroxylation sites is 1. The largest absolute Gasteiger partial charge is 0.349 e. The van der Waals surface area contributed by atoms with Crippen molar-refractivity contribution in [2.24, 2.45) is 7.05 Å². The minimum atomic E-state index is -0.307. The van der Waals surface area contributed by atoms with Crippen molar-refractivity contribution in [1.82, 2.24) is 14.8 Å². The Morgan fingerprint density at radius 2 is 1.67 bits per heavy atom. The van der Waals surface area contributed by atoms with Crippen LogP contribution in [0.25, 0.3) is 22.2 Å². The van der Waals surface area contributed by atoms with Gasteiger partial charge in [0, 0.05) is 30.6 Å². The maximum atomic E-state index is 14.7. The lowest BCUT2D eigenvalue weighted by molar-refractivity contribution is 0.0884. The second-order valence-electron chi connectivity index (χ2n) is 8.48. The quantitative estimate of drug-likeness (QED) is 0.654. The second-order valence-corrected chi connectivity index (χ2v) is 8.48. The number of aromatic nitrogens is 1. The number of carbonyl (C=O) groups excluding carboxylic acids is 1. The monoisotopic (exact) mass is 427 g/mol. The minimum Gasteiger partial charge on any atom is -0.349 e. The topological polar surface area (TPSA) is 37.3 Å². The average Bonchev–Trinajstić information content (AvgIpc) is 3.11. The standard InChI is InChI=1S/C24H26FN3O.ClH/c1-27-17-11-12-18(27)14-16(13-17)26-24(29)21-19-9-6-10-20(25)23(19)28(2)22(21)15-7-4-3-5-8-15;/h3-10,16-18H,11-14H2,1-2H3,(H,26,29);1H/t16?,17-,18+;. The molecular weight excluding hydrogens is 401 g/mol. The molecule has 0 spiro atoms. The van der Waals surface area contributed by atoms with Crippen LogP contribution in [0.5, 0.6) is 0 Å². The van der Waals surface area contributed by atoms with Gasteiger partial charge in [-0.3, -0.25) is 4.79 Å². The van der Waals surface area contributed by atoms with Crippen LogP contribution >= 0.6 is 12.4 Å². The maximum Gasteiger partial charge on any atom is 0.254 e. The summed E-state index contributed by atoms with van der Waals surface area (Å²) in [5, 5.41) is 3.96. The molecule has 30 heavy (non-hydrogen) atoms. The Kier molecular flexibility index (Phi) is 5.60. The molecule has 1 N–H and O–H groups in total. The molecule has 2 saturated heterocycles. The Bertz CT molecular complexity index is 1070. The number of nitrogens with zero attached hydrogens (tertiary/aromatic N) is 2. The van der Waals surface area contributed by atoms with Crippen molar-refractivity contribution < 1.29 is 9.18 Å². The molecule has 1 unspecified atom stereocenters. The van der Waals surface area contributed by atoms with Crippen molar-refractivity contribution in [3.63, 3.8) is 0 Å². The summed E-state index contributed by atoms with van der Waals surface area (Å²) in [6, 6.07) is 16.0. The third-order valence-electron chi connectivity index (χ3n) is 6.87. The van der Waals surface area contributed by atoms with E-state index in [1.54, 1.807) is 6.07 Å². The van der Waals surface area contributed by atoms with Crippen LogP contribution in [0.1, 0.15) is 36.0 Å². The molecule has 4 nitrogen and oxygen atoms in total. The van der Waals surface area contributed by atoms with Crippen molar-refractivity contribution in [3.8, 4) is 11.3 Å². The maximum absolute atomic E-state index is 14.7. The molecule has 0 radical (unpaired) electrons. The van der Waals surface area contributed by atoms with E-state index in [-0.39, 0.29) is 30.2 Å². The molecule has 158 valence electrons. The van der Waals surface area contributed by atoms with Gasteiger partial charge in [-0.1, -0.05) is 42.5 Å². The van der Waals surface area contributed by atoms with E-state index in [0.29, 0.717) is 28.6 Å². The number of carbonyl (C=O) groups is 1. The predicted molar refractivity (Wildman–Crippen MR) is 121 cm³/mol. The average molecular weight is 428 g/mol. The SMILES string of the molecule is CN1[C@@H]2CC[C@H]1CC(NC(=O)c1c(-c3ccccc3)n(C)c3c(F)cccc13)C2.Cl. The Balaban J connectivity index is 0.00000218. The lowest BCUT2D eigenvalue weighted by Gasteiger charge is -2.36. The highest BCUT2D eigenvalue weighted by Gasteiger charge is 2.39. The second kappa shape index (κ2) is 8.05. The number of fused-ring (bicyclic) bond motifs is 3. The number of nitrogens with one attached hydrogen (secondary N) is 1. The van der Waals surface area contributed by atoms with E-state index in [1.807, 2.05) is 48.0 Å². The molecule has 2 aliphatic rings. The number of rotatable bonds is 3. The van der Waals surface area contributed by atoms with Gasteiger partial charge in [0.2, 0.25) is 0 Å². The Labute approximate surface area is 182 Å². The van der Waals surface area contributed by atoms with Gasteiger partial charge in [-0.25, -0.2) is 4.39 Å². The summed E-state index contributed by atoms with van der Waals surface area (Å²) in [6.07, 6.45) is 4.39. The zero-order valence-corrected chi connectivity index (χ0v) is 18.1. The summed E-state index contributed by atoms with van der Waals surface area (Å²) >= 11 is 0. The first kappa shape index (κ1) is 20.9. The Morgan fingerprint density at radius 3 is 2.33 bits per heavy atom. The van der Waals surface area contributed by atoms with Gasteiger partial charge in [0.25, 0.3) is 5.91 Å². The van der Waals surface area contributed by atoms with E-state index < -0.39 is 0 Å². The molecular formula is C24H27ClFN3O. The normalized spacial score (nSPS) is 23.4. The van der Waals surface area contributed by atoms with Gasteiger partial charge >= 0.3 is 0 Å². The number of hydrogen-bond donors (Lipinski definition) is 1. The molecule has 1 amide bonds. The van der Waals surface area contributed by atoms with Crippen LogP contribution in [0.2, 0.25) is 0 Å². The lowest BCUT2D eigenvalue weighted by Crippen LogP contribution is -2.48. The van der Waals surface area contributed by atoms with Crippen LogP contribution in [-0.2, 0) is 7.05 Å². The van der Waals surface area contributed by atoms with Crippen molar-refractivity contribution in [2.75, 3.05) is 7.05 Å². The van der Waals surface area contributed by atoms with Gasteiger partial charge in [-0.2, -0.15) is 0 Å². The number of benzene rings is 2. The molecule has 1 aromatic heterocycles. The number of halogens is 2. The van der Waals surface area contributed by atoms with Crippen LogP contribution in [0.3, 0.4) is 0 Å². The zero-order chi connectivity index (χ0) is 20.1. The first-order chi connectivity index (χ1) is 14.0. The van der Waals surface area contributed by atoms with Gasteiger partial charge in [0.15, 0.2) is 0 Å². The minimum absolute atomic E-state index is 0. The lowest BCUT2D eigenvalue weighted by atomic mass is 9.97. The van der Waals surface area contributed by atoms with Crippen molar-refractivity contribution in [1.29, 1.82) is 0 Å². The molecule has 2 aliphatic heterocycles. The molecule has 2 bridgehead atoms. The summed E-state index contributed by atoms with van der Waals surface area (Å²) in [7, 11) is 4.03. The number of amides is 1. The molecule has 2 fully saturated rings. The highest BCUT2D eigenvalue weighted by molar-refractivity contribution is 6.13. The Morgan fingerprint density at radius 1 is 1.00 bits per heavy atom. The molecule has 3 heterocycles. The number of hydrogen-bond acceptors (Lipinski definition) is 2. The molecule has 6 heteroatoms. The van der Waals surface area contributed by atoms with Gasteiger partial charge < -0.3 is 14.8 Å². The van der Waals surface area contributed by atoms with Crippen molar-refractivity contribution in [2.45, 2.75) is 43.8 Å². The van der Waals surface area contributed by atoms with Crippen molar-refractivity contribution >= 4 is 29.2 Å². The van der Waals surface area contributed by atoms with Crippen LogP contribution in [0.4, 0.5) is 4.39 Å². The smallest absolute Gasteiger partial charge is 0.254 e. The van der Waals surface area contributed by atoms with E-state index >= 15 is 0 Å². The van der Waals surface area contributed by atoms with Gasteiger partial charge in [-0.15, -0.1) is 12.4 Å². The summed E-state index contributed by atoms with van der Waals surface area (Å²) in [5.41, 5.74) is 2.72. The summed E-state index contributed by atoms with van der Waals surface area (Å²) < 4.78 is 16.5. The summed E-state index contributed by atoms with van der Waals surface area (Å²) in [5.74, 6) is -0.410. The van der Waals surface area contributed by atoms with E-state index in [0.717, 1.165) is 24.1 Å². The number of piperidine rings is 1. The third-order valence-corrected chi connectivity index (χ3v) is 6.87. The third kappa shape index (κ3) is 3.30. The van der Waals surface area contributed by atoms with E-state index in [4.69, 9.17) is 0 Å². The Hall–Kier alpha value is -2.37. The molecule has 3 atom stereocenters. The fourth-order valence-electron chi connectivity index (χ4n) is 5.42. The van der Waals surface area contributed by atoms with Crippen molar-refractivity contribution in [3.05, 3.63) is 59.9 Å². The number of aryl methyl sites for hydroxylation is 1. The summed E-state index contributed by atoms with van der Waals surface area (Å²) in [4.78, 5) is 16.0. The van der Waals surface area contributed by atoms with Gasteiger partial charge in [0.1, 0.15) is 5.82 Å². The zero-order valence-electron chi connectivity index (χ0n) is 17.3. The highest BCUT2D eigenvalue weighted by Crippen LogP contribution is 2.36. The van der Waals surface area contributed by atoms with Crippen LogP contribution in [0.15, 0.2) is 48.5 Å². The first-order valence-electron chi connectivity index (χ1n) is 10.4. The molecule has 2 aromatic carbocycles. The first-order valence-corrected chi connectivity index (χ1v) is 10.4. The molecule has 0 aliphatic carbocycles. The fourth-order valence-corrected chi connectivity index (χ4v) is 5.42. The molecule has 3 aromatic rings. The van der Waals surface area contributed by atoms with Gasteiger partial charge in [-0.05, 0) is 44.4 Å². The van der Waals surface area contributed by atoms with E-state index in [1.165, 1.54) is 18.9 Å². The van der Waals surface area contributed by atoms with E-state index in [2.05, 4.69) is 17.3 Å². The summed E-state index contributed by atoms with van der Waals surface area (Å²) in [6.45, 7) is 0. The van der Waals surface area contributed by atoms with Crippen LogP contribution in [-0.4, -0.2) is 40.5 Å². The van der Waals surface area contributed by atoms with Crippen LogP contribution in [0, 0.1) is 5.82 Å². The van der Waals surface area contributed by atoms with Crippen LogP contribution < -0.4 is 5.32 Å². The fraction of sp³-hybridized carbons (Fsp3) is 0.375.